The molecule has 4 aromatic rings. The lowest BCUT2D eigenvalue weighted by atomic mass is 9.83. The predicted octanol–water partition coefficient (Wildman–Crippen LogP) is 15.9. The maximum Gasteiger partial charge on any atom is 0.460 e. The van der Waals surface area contributed by atoms with Gasteiger partial charge < -0.3 is 0 Å². The van der Waals surface area contributed by atoms with E-state index in [-0.39, 0.29) is 10.8 Å². The quantitative estimate of drug-likeness (QED) is 0.124. The van der Waals surface area contributed by atoms with Gasteiger partial charge in [-0.05, 0) is 94.3 Å². The van der Waals surface area contributed by atoms with Crippen LogP contribution in [0.15, 0.2) is 78.4 Å². The fourth-order valence-corrected chi connectivity index (χ4v) is 6.64. The number of alkyl halides is 26. The first-order valence-corrected chi connectivity index (χ1v) is 17.3. The molecule has 1 aliphatic rings. The molecule has 0 radical (unpaired) electrons. The second-order valence-electron chi connectivity index (χ2n) is 14.7. The highest BCUT2D eigenvalue weighted by atomic mass is 19.4. The minimum absolute atomic E-state index is 0.0241. The van der Waals surface area contributed by atoms with Crippen molar-refractivity contribution in [1.29, 1.82) is 0 Å². The van der Waals surface area contributed by atoms with Crippen LogP contribution < -0.4 is 0 Å². The van der Waals surface area contributed by atoms with E-state index in [2.05, 4.69) is 0 Å². The summed E-state index contributed by atoms with van der Waals surface area (Å²) < 4.78 is 366. The van der Waals surface area contributed by atoms with E-state index in [1.807, 2.05) is 13.8 Å². The van der Waals surface area contributed by atoms with E-state index in [4.69, 9.17) is 0 Å². The van der Waals surface area contributed by atoms with Gasteiger partial charge in [0.05, 0.1) is 0 Å². The predicted molar refractivity (Wildman–Crippen MR) is 176 cm³/mol. The Morgan fingerprint density at radius 1 is 0.338 bits per heavy atom. The first-order chi connectivity index (χ1) is 28.9. The van der Waals surface area contributed by atoms with Crippen LogP contribution in [-0.2, 0) is 18.3 Å². The molecule has 0 bridgehead atoms. The monoisotopic (exact) mass is 982 g/mol. The average Bonchev–Trinajstić information content (AvgIpc) is 3.47. The highest BCUT2D eigenvalue weighted by molar-refractivity contribution is 5.92. The van der Waals surface area contributed by atoms with E-state index in [1.54, 1.807) is 18.2 Å². The normalized spacial score (nSPS) is 15.9. The molecule has 0 heterocycles. The molecule has 0 amide bonds. The van der Waals surface area contributed by atoms with Gasteiger partial charge in [0.15, 0.2) is 0 Å². The van der Waals surface area contributed by atoms with Gasteiger partial charge in [-0.25, -0.2) is 0 Å². The molecule has 0 nitrogen and oxygen atoms in total. The molecule has 65 heavy (non-hydrogen) atoms. The number of benzene rings is 4. The van der Waals surface area contributed by atoms with Gasteiger partial charge in [0.25, 0.3) is 0 Å². The molecular weight excluding hydrogens is 962 g/mol. The molecule has 0 aliphatic heterocycles. The third-order valence-corrected chi connectivity index (χ3v) is 10.7. The second-order valence-corrected chi connectivity index (χ2v) is 14.7. The molecule has 1 aliphatic carbocycles. The van der Waals surface area contributed by atoms with E-state index in [0.717, 1.165) is 34.4 Å². The summed E-state index contributed by atoms with van der Waals surface area (Å²) in [5.74, 6) is -83.5. The highest BCUT2D eigenvalue weighted by Crippen LogP contribution is 2.65. The van der Waals surface area contributed by atoms with Crippen molar-refractivity contribution in [3.63, 3.8) is 0 Å². The van der Waals surface area contributed by atoms with Crippen molar-refractivity contribution >= 4 is 16.3 Å². The zero-order chi connectivity index (χ0) is 50.1. The lowest BCUT2D eigenvalue weighted by Gasteiger charge is -2.41. The third-order valence-electron chi connectivity index (χ3n) is 10.7. The SMILES string of the molecule is CC1=C(C)c2cc(-c3ccc4cc(-c5ccc(C(F)(F)C(F)(F)C(F)(F)C(F)(F)C(F)(F)C(F)(F)F)cc5C(F)(F)C(F)(F)C(F)(F)C(F)(F)C(F)(F)C(F)(F)F)ccc4c3)ccc2C1. The minimum atomic E-state index is -8.70. The van der Waals surface area contributed by atoms with Crippen molar-refractivity contribution in [2.75, 3.05) is 0 Å². The lowest BCUT2D eigenvalue weighted by Crippen LogP contribution is -2.69. The summed E-state index contributed by atoms with van der Waals surface area (Å²) in [5.41, 5.74) is -5.76. The number of allylic oxidation sites excluding steroid dienone is 2. The van der Waals surface area contributed by atoms with Crippen molar-refractivity contribution in [3.8, 4) is 22.3 Å². The Morgan fingerprint density at radius 3 is 1.18 bits per heavy atom. The molecule has 0 fully saturated rings. The van der Waals surface area contributed by atoms with Gasteiger partial charge in [-0.3, -0.25) is 0 Å². The zero-order valence-electron chi connectivity index (χ0n) is 31.5. The van der Waals surface area contributed by atoms with Crippen LogP contribution in [0.25, 0.3) is 38.6 Å². The Hall–Kier alpha value is -4.94. The molecule has 0 saturated heterocycles. The minimum Gasteiger partial charge on any atom is -0.194 e. The van der Waals surface area contributed by atoms with Gasteiger partial charge in [0, 0.05) is 11.1 Å². The van der Waals surface area contributed by atoms with E-state index in [1.165, 1.54) is 12.1 Å². The van der Waals surface area contributed by atoms with Crippen molar-refractivity contribution in [3.05, 3.63) is 101 Å². The first-order valence-electron chi connectivity index (χ1n) is 17.3. The molecule has 4 aromatic carbocycles. The van der Waals surface area contributed by atoms with Gasteiger partial charge in [0.1, 0.15) is 0 Å². The highest BCUT2D eigenvalue weighted by Gasteiger charge is 2.92. The Bertz CT molecular complexity index is 2540. The summed E-state index contributed by atoms with van der Waals surface area (Å²) in [6, 6.07) is 7.42. The molecule has 26 heteroatoms. The summed E-state index contributed by atoms with van der Waals surface area (Å²) in [7, 11) is 0. The largest absolute Gasteiger partial charge is 0.460 e. The Morgan fingerprint density at radius 2 is 0.723 bits per heavy atom. The van der Waals surface area contributed by atoms with E-state index in [0.29, 0.717) is 29.7 Å². The van der Waals surface area contributed by atoms with Crippen LogP contribution in [0.3, 0.4) is 0 Å². The summed E-state index contributed by atoms with van der Waals surface area (Å²) >= 11 is 0. The van der Waals surface area contributed by atoms with E-state index >= 15 is 26.3 Å². The number of hydrogen-bond acceptors (Lipinski definition) is 0. The molecule has 0 saturated carbocycles. The van der Waals surface area contributed by atoms with Gasteiger partial charge >= 0.3 is 71.6 Å². The Balaban J connectivity index is 1.75. The number of rotatable bonds is 12. The average molecular weight is 983 g/mol. The van der Waals surface area contributed by atoms with Crippen LogP contribution in [0.5, 0.6) is 0 Å². The van der Waals surface area contributed by atoms with Crippen LogP contribution in [0.1, 0.15) is 36.1 Å². The summed E-state index contributed by atoms with van der Waals surface area (Å²) in [4.78, 5) is 0. The number of fused-ring (bicyclic) bond motifs is 2. The number of hydrogen-bond donors (Lipinski definition) is 0. The van der Waals surface area contributed by atoms with Crippen LogP contribution in [0.2, 0.25) is 0 Å². The lowest BCUT2D eigenvalue weighted by molar-refractivity contribution is -0.442. The van der Waals surface area contributed by atoms with E-state index < -0.39 is 112 Å². The Kier molecular flexibility index (Phi) is 11.6. The number of halogens is 26. The van der Waals surface area contributed by atoms with Crippen molar-refractivity contribution in [2.24, 2.45) is 0 Å². The molecule has 0 N–H and O–H groups in total. The Labute approximate surface area is 345 Å². The molecule has 0 atom stereocenters. The van der Waals surface area contributed by atoms with Gasteiger partial charge in [-0.2, -0.15) is 114 Å². The molecule has 0 aromatic heterocycles. The fourth-order valence-electron chi connectivity index (χ4n) is 6.64. The van der Waals surface area contributed by atoms with Gasteiger partial charge in [0.2, 0.25) is 0 Å². The molecule has 5 rings (SSSR count). The van der Waals surface area contributed by atoms with Crippen molar-refractivity contribution in [1.82, 2.24) is 0 Å². The molecular formula is C39H20F26. The van der Waals surface area contributed by atoms with Crippen molar-refractivity contribution < 1.29 is 114 Å². The van der Waals surface area contributed by atoms with Crippen LogP contribution in [0, 0.1) is 0 Å². The van der Waals surface area contributed by atoms with E-state index in [9.17, 15) is 87.8 Å². The maximum atomic E-state index is 15.8. The van der Waals surface area contributed by atoms with Gasteiger partial charge in [-0.1, -0.05) is 54.1 Å². The smallest absolute Gasteiger partial charge is 0.194 e. The molecule has 358 valence electrons. The summed E-state index contributed by atoms with van der Waals surface area (Å²) in [6.07, 6.45) is -15.3. The van der Waals surface area contributed by atoms with Gasteiger partial charge in [-0.15, -0.1) is 0 Å². The standard InChI is InChI=1S/C39H20F26/c1-16-11-22-7-6-21(14-26(22)17(16)2)19-3-4-20-13-23(8-5-18(20)12-19)25-10-9-24(28(40,41)30(44,45)32(48,49)34(52,53)36(56,57)38(60,61)62)15-27(25)29(42,43)31(46,47)33(50,51)35(54,55)37(58,59)39(63,64)65/h3-10,12-15H,11H2,1-2H3. The van der Waals surface area contributed by atoms with Crippen LogP contribution >= 0.6 is 0 Å². The first kappa shape index (κ1) is 51.1. The maximum absolute atomic E-state index is 15.8. The fraction of sp³-hybridized carbons (Fsp3) is 0.385. The summed E-state index contributed by atoms with van der Waals surface area (Å²) in [6.45, 7) is 3.68. The second kappa shape index (κ2) is 14.8. The third kappa shape index (κ3) is 7.06. The molecule has 0 spiro atoms. The van der Waals surface area contributed by atoms with Crippen molar-refractivity contribution in [2.45, 2.75) is 91.8 Å². The van der Waals surface area contributed by atoms with Crippen LogP contribution in [-0.4, -0.2) is 59.7 Å². The van der Waals surface area contributed by atoms with Crippen LogP contribution in [0.4, 0.5) is 114 Å². The summed E-state index contributed by atoms with van der Waals surface area (Å²) in [5, 5.41) is -0.230. The topological polar surface area (TPSA) is 0 Å². The zero-order valence-corrected chi connectivity index (χ0v) is 31.5. The molecule has 0 unspecified atom stereocenters.